The van der Waals surface area contributed by atoms with Gasteiger partial charge < -0.3 is 14.5 Å². The zero-order valence-electron chi connectivity index (χ0n) is 15.4. The van der Waals surface area contributed by atoms with Crippen LogP contribution in [0.15, 0.2) is 30.9 Å². The Morgan fingerprint density at radius 2 is 1.73 bits per heavy atom. The van der Waals surface area contributed by atoms with Gasteiger partial charge in [-0.15, -0.1) is 10.2 Å². The summed E-state index contributed by atoms with van der Waals surface area (Å²) in [6, 6.07) is 3.94. The number of carbonyl (C=O) groups is 1. The molecule has 138 valence electrons. The number of hydrogen-bond donors (Lipinski definition) is 0. The Hall–Kier alpha value is -2.64. The molecule has 2 aromatic heterocycles. The van der Waals surface area contributed by atoms with Crippen molar-refractivity contribution in [3.05, 3.63) is 30.9 Å². The highest BCUT2D eigenvalue weighted by molar-refractivity contribution is 5.68. The molecule has 2 aliphatic heterocycles. The van der Waals surface area contributed by atoms with Gasteiger partial charge in [-0.1, -0.05) is 0 Å². The number of amides is 1. The highest BCUT2D eigenvalue weighted by atomic mass is 16.6. The van der Waals surface area contributed by atoms with Gasteiger partial charge >= 0.3 is 6.09 Å². The molecule has 0 aromatic carbocycles. The van der Waals surface area contributed by atoms with Crippen molar-refractivity contribution in [3.8, 4) is 5.82 Å². The third-order valence-electron chi connectivity index (χ3n) is 4.87. The molecule has 2 aromatic rings. The van der Waals surface area contributed by atoms with Crippen molar-refractivity contribution in [2.75, 3.05) is 31.1 Å². The van der Waals surface area contributed by atoms with Crippen molar-refractivity contribution in [1.29, 1.82) is 0 Å². The molecule has 0 radical (unpaired) electrons. The Morgan fingerprint density at radius 1 is 1.08 bits per heavy atom. The van der Waals surface area contributed by atoms with E-state index in [0.717, 1.165) is 37.8 Å². The molecule has 8 heteroatoms. The van der Waals surface area contributed by atoms with E-state index in [1.165, 1.54) is 0 Å². The topological polar surface area (TPSA) is 76.4 Å². The van der Waals surface area contributed by atoms with Crippen LogP contribution in [0.4, 0.5) is 10.6 Å². The van der Waals surface area contributed by atoms with E-state index in [0.29, 0.717) is 11.8 Å². The third kappa shape index (κ3) is 3.36. The van der Waals surface area contributed by atoms with Crippen LogP contribution in [-0.4, -0.2) is 62.5 Å². The molecule has 8 nitrogen and oxygen atoms in total. The first-order valence-corrected chi connectivity index (χ1v) is 8.94. The standard InChI is InChI=1S/C18H24N6O2/c1-18(2,3)26-17(25)24-10-13-8-23(9-14(13)11-24)16-5-4-15(20-21-16)22-7-6-19-12-22/h4-7,12-14H,8-11H2,1-3H3/t13-,14-/m0/s1. The average Bonchev–Trinajstić information content (AvgIpc) is 3.29. The first kappa shape index (κ1) is 16.8. The van der Waals surface area contributed by atoms with E-state index in [1.54, 1.807) is 12.5 Å². The van der Waals surface area contributed by atoms with Gasteiger partial charge in [-0.2, -0.15) is 0 Å². The molecule has 0 spiro atoms. The number of fused-ring (bicyclic) bond motifs is 1. The van der Waals surface area contributed by atoms with Gasteiger partial charge in [-0.25, -0.2) is 9.78 Å². The van der Waals surface area contributed by atoms with Gasteiger partial charge in [0.25, 0.3) is 0 Å². The van der Waals surface area contributed by atoms with Crippen molar-refractivity contribution >= 4 is 11.9 Å². The predicted octanol–water partition coefficient (Wildman–Crippen LogP) is 1.97. The van der Waals surface area contributed by atoms with Crippen molar-refractivity contribution in [2.45, 2.75) is 26.4 Å². The second-order valence-electron chi connectivity index (χ2n) is 8.03. The van der Waals surface area contributed by atoms with E-state index >= 15 is 0 Å². The van der Waals surface area contributed by atoms with Crippen LogP contribution >= 0.6 is 0 Å². The molecule has 0 unspecified atom stereocenters. The molecule has 1 amide bonds. The molecule has 26 heavy (non-hydrogen) atoms. The first-order valence-electron chi connectivity index (χ1n) is 8.94. The normalized spacial score (nSPS) is 22.6. The molecule has 4 heterocycles. The van der Waals surface area contributed by atoms with Crippen LogP contribution in [-0.2, 0) is 4.74 Å². The van der Waals surface area contributed by atoms with Crippen LogP contribution in [0.1, 0.15) is 20.8 Å². The maximum absolute atomic E-state index is 12.3. The van der Waals surface area contributed by atoms with Crippen LogP contribution in [0.25, 0.3) is 5.82 Å². The molecule has 0 aliphatic carbocycles. The number of hydrogen-bond acceptors (Lipinski definition) is 6. The van der Waals surface area contributed by atoms with Gasteiger partial charge in [0.1, 0.15) is 11.9 Å². The van der Waals surface area contributed by atoms with Crippen LogP contribution in [0.5, 0.6) is 0 Å². The number of imidazole rings is 1. The lowest BCUT2D eigenvalue weighted by Crippen LogP contribution is -2.37. The van der Waals surface area contributed by atoms with Crippen LogP contribution < -0.4 is 4.90 Å². The fraction of sp³-hybridized carbons (Fsp3) is 0.556. The summed E-state index contributed by atoms with van der Waals surface area (Å²) in [5.41, 5.74) is -0.451. The van der Waals surface area contributed by atoms with Crippen molar-refractivity contribution < 1.29 is 9.53 Å². The summed E-state index contributed by atoms with van der Waals surface area (Å²) in [6.07, 6.45) is 5.06. The summed E-state index contributed by atoms with van der Waals surface area (Å²) >= 11 is 0. The van der Waals surface area contributed by atoms with Crippen molar-refractivity contribution in [1.82, 2.24) is 24.6 Å². The number of anilines is 1. The summed E-state index contributed by atoms with van der Waals surface area (Å²) in [7, 11) is 0. The average molecular weight is 356 g/mol. The molecule has 0 N–H and O–H groups in total. The quantitative estimate of drug-likeness (QED) is 0.819. The summed E-state index contributed by atoms with van der Waals surface area (Å²) < 4.78 is 7.32. The molecule has 2 aliphatic rings. The number of carbonyl (C=O) groups excluding carboxylic acids is 1. The number of nitrogens with zero attached hydrogens (tertiary/aromatic N) is 6. The predicted molar refractivity (Wildman–Crippen MR) is 96.2 cm³/mol. The summed E-state index contributed by atoms with van der Waals surface area (Å²) in [5.74, 6) is 2.55. The second-order valence-corrected chi connectivity index (χ2v) is 8.03. The lowest BCUT2D eigenvalue weighted by molar-refractivity contribution is 0.0282. The fourth-order valence-electron chi connectivity index (χ4n) is 3.67. The van der Waals surface area contributed by atoms with E-state index in [9.17, 15) is 4.79 Å². The highest BCUT2D eigenvalue weighted by Crippen LogP contribution is 2.33. The van der Waals surface area contributed by atoms with E-state index in [4.69, 9.17) is 4.74 Å². The molecule has 2 saturated heterocycles. The molecular formula is C18H24N6O2. The molecule has 4 rings (SSSR count). The maximum atomic E-state index is 12.3. The zero-order valence-corrected chi connectivity index (χ0v) is 15.4. The number of ether oxygens (including phenoxy) is 1. The Labute approximate surface area is 152 Å². The highest BCUT2D eigenvalue weighted by Gasteiger charge is 2.43. The van der Waals surface area contributed by atoms with Gasteiger partial charge in [0.2, 0.25) is 0 Å². The monoisotopic (exact) mass is 356 g/mol. The maximum Gasteiger partial charge on any atom is 0.410 e. The largest absolute Gasteiger partial charge is 0.444 e. The Kier molecular flexibility index (Phi) is 4.05. The molecule has 0 saturated carbocycles. The third-order valence-corrected chi connectivity index (χ3v) is 4.87. The molecule has 2 atom stereocenters. The second kappa shape index (κ2) is 6.26. The van der Waals surface area contributed by atoms with Gasteiger partial charge in [0.15, 0.2) is 11.6 Å². The van der Waals surface area contributed by atoms with Gasteiger partial charge in [0, 0.05) is 50.4 Å². The summed E-state index contributed by atoms with van der Waals surface area (Å²) in [4.78, 5) is 20.4. The van der Waals surface area contributed by atoms with E-state index < -0.39 is 5.60 Å². The number of likely N-dealkylation sites (tertiary alicyclic amines) is 1. The Bertz CT molecular complexity index is 754. The van der Waals surface area contributed by atoms with Crippen LogP contribution in [0, 0.1) is 11.8 Å². The summed E-state index contributed by atoms with van der Waals surface area (Å²) in [6.45, 7) is 8.97. The number of rotatable bonds is 2. The molecule has 0 bridgehead atoms. The fourth-order valence-corrected chi connectivity index (χ4v) is 3.67. The number of aromatic nitrogens is 4. The van der Waals surface area contributed by atoms with E-state index in [-0.39, 0.29) is 6.09 Å². The Morgan fingerprint density at radius 3 is 2.27 bits per heavy atom. The minimum Gasteiger partial charge on any atom is -0.444 e. The van der Waals surface area contributed by atoms with Crippen LogP contribution in [0.3, 0.4) is 0 Å². The summed E-state index contributed by atoms with van der Waals surface area (Å²) in [5, 5.41) is 8.66. The lowest BCUT2D eigenvalue weighted by Gasteiger charge is -2.26. The smallest absolute Gasteiger partial charge is 0.410 e. The minimum atomic E-state index is -0.451. The Balaban J connectivity index is 1.37. The zero-order chi connectivity index (χ0) is 18.3. The SMILES string of the molecule is CC(C)(C)OC(=O)N1C[C@@H]2CN(c3ccc(-n4ccnc4)nn3)C[C@H]2C1. The van der Waals surface area contributed by atoms with Gasteiger partial charge in [-0.3, -0.25) is 4.57 Å². The lowest BCUT2D eigenvalue weighted by atomic mass is 10.0. The van der Waals surface area contributed by atoms with Crippen molar-refractivity contribution in [3.63, 3.8) is 0 Å². The minimum absolute atomic E-state index is 0.206. The van der Waals surface area contributed by atoms with Crippen LogP contribution in [0.2, 0.25) is 0 Å². The molecular weight excluding hydrogens is 332 g/mol. The molecule has 2 fully saturated rings. The van der Waals surface area contributed by atoms with E-state index in [1.807, 2.05) is 48.6 Å². The first-order chi connectivity index (χ1) is 12.4. The van der Waals surface area contributed by atoms with Gasteiger partial charge in [-0.05, 0) is 32.9 Å². The van der Waals surface area contributed by atoms with E-state index in [2.05, 4.69) is 20.1 Å². The van der Waals surface area contributed by atoms with Gasteiger partial charge in [0.05, 0.1) is 0 Å². The van der Waals surface area contributed by atoms with Crippen molar-refractivity contribution in [2.24, 2.45) is 11.8 Å².